The van der Waals surface area contributed by atoms with Crippen molar-refractivity contribution < 1.29 is 27.5 Å². The number of sulfonamides is 1. The molecular formula is C25H34ClN4O5S2+. The SMILES string of the molecule is COc1ccc(CC[N+](C)(C)C[C@@H](O)COc2ccc(S(=O)(=O)NN3CCSC(C#N)C3Cl)cc2)cc1. The third-order valence-corrected chi connectivity index (χ3v) is 9.13. The summed E-state index contributed by atoms with van der Waals surface area (Å²) in [6.07, 6.45) is 0.175. The highest BCUT2D eigenvalue weighted by molar-refractivity contribution is 8.00. The van der Waals surface area contributed by atoms with E-state index in [-0.39, 0.29) is 11.5 Å². The van der Waals surface area contributed by atoms with Gasteiger partial charge >= 0.3 is 0 Å². The topological polar surface area (TPSA) is 112 Å². The molecule has 2 aromatic rings. The summed E-state index contributed by atoms with van der Waals surface area (Å²) in [4.78, 5) is 2.52. The van der Waals surface area contributed by atoms with Crippen molar-refractivity contribution in [2.24, 2.45) is 0 Å². The molecule has 1 heterocycles. The number of hydrogen-bond acceptors (Lipinski definition) is 8. The summed E-state index contributed by atoms with van der Waals surface area (Å²) >= 11 is 7.65. The highest BCUT2D eigenvalue weighted by Gasteiger charge is 2.33. The maximum Gasteiger partial charge on any atom is 0.253 e. The molecule has 0 bridgehead atoms. The molecule has 0 aromatic heterocycles. The monoisotopic (exact) mass is 569 g/mol. The van der Waals surface area contributed by atoms with Gasteiger partial charge in [0.15, 0.2) is 0 Å². The average molecular weight is 570 g/mol. The van der Waals surface area contributed by atoms with Crippen LogP contribution in [0.15, 0.2) is 53.4 Å². The molecule has 37 heavy (non-hydrogen) atoms. The number of hydrogen-bond donors (Lipinski definition) is 2. The zero-order valence-corrected chi connectivity index (χ0v) is 23.6. The minimum absolute atomic E-state index is 0.0485. The number of nitriles is 1. The van der Waals surface area contributed by atoms with Crippen LogP contribution in [0.2, 0.25) is 0 Å². The van der Waals surface area contributed by atoms with Crippen molar-refractivity contribution in [2.45, 2.75) is 28.2 Å². The van der Waals surface area contributed by atoms with Crippen molar-refractivity contribution in [1.82, 2.24) is 9.84 Å². The first-order chi connectivity index (χ1) is 17.5. The molecule has 2 aromatic carbocycles. The van der Waals surface area contributed by atoms with Gasteiger partial charge in [-0.15, -0.1) is 28.2 Å². The number of hydrazine groups is 1. The van der Waals surface area contributed by atoms with Crippen molar-refractivity contribution in [3.8, 4) is 17.6 Å². The Kier molecular flexibility index (Phi) is 10.5. The number of halogens is 1. The van der Waals surface area contributed by atoms with Crippen molar-refractivity contribution in [3.63, 3.8) is 0 Å². The first-order valence-corrected chi connectivity index (χ1v) is 14.8. The Labute approximate surface area is 228 Å². The second kappa shape index (κ2) is 13.2. The molecule has 1 saturated heterocycles. The van der Waals surface area contributed by atoms with E-state index in [9.17, 15) is 18.8 Å². The van der Waals surface area contributed by atoms with Crippen LogP contribution in [-0.2, 0) is 16.4 Å². The molecule has 0 saturated carbocycles. The number of methoxy groups -OCH3 is 1. The zero-order valence-electron chi connectivity index (χ0n) is 21.2. The van der Waals surface area contributed by atoms with Crippen LogP contribution in [0.1, 0.15) is 5.56 Å². The van der Waals surface area contributed by atoms with Gasteiger partial charge < -0.3 is 19.1 Å². The summed E-state index contributed by atoms with van der Waals surface area (Å²) < 4.78 is 37.1. The quantitative estimate of drug-likeness (QED) is 0.228. The summed E-state index contributed by atoms with van der Waals surface area (Å²) in [5.41, 5.74) is 0.439. The standard InChI is InChI=1S/C25H34ClN4O5S2/c1-30(2,14-12-19-4-6-21(34-3)7-5-19)17-20(31)18-35-22-8-10-23(11-9-22)37(32,33)28-29-13-15-36-24(16-27)25(29)26/h4-11,20,24-25,28,31H,12-15,17-18H2,1-3H3/q+1/t20-,24?,25?/m1/s1. The molecule has 0 spiro atoms. The molecule has 2 unspecified atom stereocenters. The van der Waals surface area contributed by atoms with Gasteiger partial charge in [-0.1, -0.05) is 12.1 Å². The average Bonchev–Trinajstić information content (AvgIpc) is 2.88. The van der Waals surface area contributed by atoms with E-state index in [2.05, 4.69) is 25.0 Å². The van der Waals surface area contributed by atoms with E-state index in [1.54, 1.807) is 19.2 Å². The van der Waals surface area contributed by atoms with E-state index >= 15 is 0 Å². The van der Waals surface area contributed by atoms with Crippen LogP contribution in [0.3, 0.4) is 0 Å². The van der Waals surface area contributed by atoms with Crippen molar-refractivity contribution in [1.29, 1.82) is 5.26 Å². The highest BCUT2D eigenvalue weighted by Crippen LogP contribution is 2.27. The molecule has 1 aliphatic heterocycles. The largest absolute Gasteiger partial charge is 0.497 e. The highest BCUT2D eigenvalue weighted by atomic mass is 35.5. The molecule has 202 valence electrons. The molecule has 1 fully saturated rings. The minimum Gasteiger partial charge on any atom is -0.497 e. The van der Waals surface area contributed by atoms with E-state index in [0.29, 0.717) is 29.1 Å². The Morgan fingerprint density at radius 1 is 1.22 bits per heavy atom. The number of nitrogens with one attached hydrogen (secondary N) is 1. The van der Waals surface area contributed by atoms with Gasteiger partial charge in [0.2, 0.25) is 0 Å². The van der Waals surface area contributed by atoms with E-state index < -0.39 is 26.9 Å². The normalized spacial score (nSPS) is 19.7. The number of aliphatic hydroxyl groups is 1. The maximum atomic E-state index is 12.8. The molecule has 12 heteroatoms. The van der Waals surface area contributed by atoms with E-state index in [0.717, 1.165) is 18.7 Å². The van der Waals surface area contributed by atoms with Crippen molar-refractivity contribution in [2.75, 3.05) is 53.2 Å². The van der Waals surface area contributed by atoms with Crippen LogP contribution in [0, 0.1) is 11.3 Å². The Bertz CT molecular complexity index is 1160. The van der Waals surface area contributed by atoms with Crippen LogP contribution in [0.5, 0.6) is 11.5 Å². The smallest absolute Gasteiger partial charge is 0.253 e. The van der Waals surface area contributed by atoms with Gasteiger partial charge in [-0.05, 0) is 42.0 Å². The summed E-state index contributed by atoms with van der Waals surface area (Å²) in [6, 6.07) is 16.0. The summed E-state index contributed by atoms with van der Waals surface area (Å²) in [7, 11) is 1.89. The summed E-state index contributed by atoms with van der Waals surface area (Å²) in [5, 5.41) is 20.6. The third-order valence-electron chi connectivity index (χ3n) is 5.99. The van der Waals surface area contributed by atoms with Crippen LogP contribution < -0.4 is 14.3 Å². The van der Waals surface area contributed by atoms with Crippen LogP contribution in [-0.4, -0.2) is 93.1 Å². The fourth-order valence-electron chi connectivity index (χ4n) is 3.89. The number of quaternary nitrogens is 1. The number of nitrogens with zero attached hydrogens (tertiary/aromatic N) is 3. The number of alkyl halides is 1. The van der Waals surface area contributed by atoms with Crippen molar-refractivity contribution >= 4 is 33.4 Å². The van der Waals surface area contributed by atoms with Crippen LogP contribution in [0.25, 0.3) is 0 Å². The molecule has 1 aliphatic rings. The first kappa shape index (κ1) is 29.5. The predicted octanol–water partition coefficient (Wildman–Crippen LogP) is 2.45. The molecule has 3 rings (SSSR count). The third kappa shape index (κ3) is 8.75. The minimum atomic E-state index is -3.87. The predicted molar refractivity (Wildman–Crippen MR) is 145 cm³/mol. The van der Waals surface area contributed by atoms with Gasteiger partial charge in [0.1, 0.15) is 41.5 Å². The number of rotatable bonds is 12. The second-order valence-electron chi connectivity index (χ2n) is 9.46. The second-order valence-corrected chi connectivity index (χ2v) is 12.8. The van der Waals surface area contributed by atoms with Gasteiger partial charge in [0.25, 0.3) is 10.0 Å². The zero-order chi connectivity index (χ0) is 27.1. The Hall–Kier alpha value is -2.04. The lowest BCUT2D eigenvalue weighted by Gasteiger charge is -2.33. The molecular weight excluding hydrogens is 536 g/mol. The molecule has 2 N–H and O–H groups in total. The maximum absolute atomic E-state index is 12.8. The molecule has 3 atom stereocenters. The first-order valence-electron chi connectivity index (χ1n) is 11.8. The van der Waals surface area contributed by atoms with Gasteiger partial charge in [-0.3, -0.25) is 0 Å². The number of thioether (sulfide) groups is 1. The fourth-order valence-corrected chi connectivity index (χ4v) is 6.42. The Morgan fingerprint density at radius 2 is 1.86 bits per heavy atom. The molecule has 0 aliphatic carbocycles. The molecule has 9 nitrogen and oxygen atoms in total. The lowest BCUT2D eigenvalue weighted by molar-refractivity contribution is -0.893. The van der Waals surface area contributed by atoms with Gasteiger partial charge in [-0.2, -0.15) is 5.26 Å². The van der Waals surface area contributed by atoms with Crippen LogP contribution in [0.4, 0.5) is 0 Å². The molecule has 0 radical (unpaired) electrons. The van der Waals surface area contributed by atoms with E-state index in [1.165, 1.54) is 34.5 Å². The van der Waals surface area contributed by atoms with E-state index in [4.69, 9.17) is 21.1 Å². The number of benzene rings is 2. The summed E-state index contributed by atoms with van der Waals surface area (Å²) in [6.45, 7) is 1.83. The lowest BCUT2D eigenvalue weighted by atomic mass is 10.1. The Balaban J connectivity index is 1.48. The van der Waals surface area contributed by atoms with Gasteiger partial charge in [0, 0.05) is 18.7 Å². The number of likely N-dealkylation sites (N-methyl/N-ethyl adjacent to an activating group) is 1. The fraction of sp³-hybridized carbons (Fsp3) is 0.480. The Morgan fingerprint density at radius 3 is 2.49 bits per heavy atom. The van der Waals surface area contributed by atoms with Crippen molar-refractivity contribution in [3.05, 3.63) is 54.1 Å². The van der Waals surface area contributed by atoms with Gasteiger partial charge in [0.05, 0.1) is 38.7 Å². The lowest BCUT2D eigenvalue weighted by Crippen LogP contribution is -2.53. The van der Waals surface area contributed by atoms with E-state index in [1.807, 2.05) is 24.3 Å². The van der Waals surface area contributed by atoms with Gasteiger partial charge in [-0.25, -0.2) is 13.4 Å². The molecule has 0 amide bonds. The van der Waals surface area contributed by atoms with Crippen LogP contribution >= 0.6 is 23.4 Å². The number of aliphatic hydroxyl groups excluding tert-OH is 1. The summed E-state index contributed by atoms with van der Waals surface area (Å²) in [5.74, 6) is 1.87. The number of ether oxygens (including phenoxy) is 2.